The molecule has 34 heavy (non-hydrogen) atoms. The molecule has 0 bridgehead atoms. The second-order valence-corrected chi connectivity index (χ2v) is 8.43. The first-order chi connectivity index (χ1) is 16.5. The fraction of sp³-hybridized carbons (Fsp3) is 0.414. The van der Waals surface area contributed by atoms with E-state index in [0.29, 0.717) is 11.6 Å². The Hall–Kier alpha value is -2.40. The van der Waals surface area contributed by atoms with Crippen LogP contribution in [-0.4, -0.2) is 26.1 Å². The van der Waals surface area contributed by atoms with Crippen LogP contribution in [-0.2, 0) is 14.3 Å². The van der Waals surface area contributed by atoms with Crippen molar-refractivity contribution in [2.45, 2.75) is 59.7 Å². The number of anilines is 1. The second-order valence-electron chi connectivity index (χ2n) is 8.00. The summed E-state index contributed by atoms with van der Waals surface area (Å²) in [4.78, 5) is 9.32. The van der Waals surface area contributed by atoms with E-state index < -0.39 is 0 Å². The first-order valence-electron chi connectivity index (χ1n) is 11.9. The predicted octanol–water partition coefficient (Wildman–Crippen LogP) is 8.00. The number of carbonyl (C=O) groups excluding carboxylic acids is 1. The lowest BCUT2D eigenvalue weighted by Crippen LogP contribution is -2.31. The highest BCUT2D eigenvalue weighted by Gasteiger charge is 2.35. The molecule has 3 rings (SSSR count). The highest BCUT2D eigenvalue weighted by Crippen LogP contribution is 2.41. The average molecular weight is 486 g/mol. The largest absolute Gasteiger partial charge is 0.376 e. The number of methoxy groups -OCH3 is 1. The first-order valence-corrected chi connectivity index (χ1v) is 12.3. The van der Waals surface area contributed by atoms with Crippen LogP contribution in [0, 0.1) is 5.92 Å². The number of fused-ring (bicyclic) bond motifs is 1. The van der Waals surface area contributed by atoms with E-state index in [2.05, 4.69) is 44.3 Å². The molecule has 0 aromatic heterocycles. The fourth-order valence-corrected chi connectivity index (χ4v) is 3.68. The Morgan fingerprint density at radius 3 is 2.44 bits per heavy atom. The molecule has 3 atom stereocenters. The van der Waals surface area contributed by atoms with Gasteiger partial charge in [0.25, 0.3) is 0 Å². The number of rotatable bonds is 5. The van der Waals surface area contributed by atoms with Gasteiger partial charge in [0.2, 0.25) is 0 Å². The van der Waals surface area contributed by atoms with Crippen molar-refractivity contribution >= 4 is 23.6 Å². The summed E-state index contributed by atoms with van der Waals surface area (Å²) in [6.45, 7) is 10.8. The molecule has 1 aliphatic heterocycles. The maximum Gasteiger partial charge on any atom is 0.142 e. The molecule has 2 aliphatic rings. The summed E-state index contributed by atoms with van der Waals surface area (Å²) in [5.74, 6) is 0.0927. The maximum atomic E-state index is 9.32. The molecule has 0 saturated carbocycles. The van der Waals surface area contributed by atoms with Crippen molar-refractivity contribution in [1.29, 1.82) is 0 Å². The van der Waals surface area contributed by atoms with Crippen molar-refractivity contribution in [1.82, 2.24) is 0 Å². The standard InChI is InChI=1S/C21H24ClNO2.C4H6O.C4H10/c1-4-5-8-16-13-25-21(17-9-6-7-14(2)20(17)24-3)18-12-15(22)10-11-19(18)23-16;1-2-3-4-5;1-3-4-2/h4-12,17,20-21,23H,13H2,1-3H3;2-4H,1H3;3-4H2,1-2H3/b5-4-,16-8-;3-2+;. The van der Waals surface area contributed by atoms with E-state index in [1.54, 1.807) is 20.1 Å². The molecular weight excluding hydrogens is 446 g/mol. The Morgan fingerprint density at radius 2 is 1.88 bits per heavy atom. The zero-order valence-corrected chi connectivity index (χ0v) is 22.1. The molecule has 186 valence electrons. The molecule has 0 amide bonds. The van der Waals surface area contributed by atoms with Crippen LogP contribution in [0.4, 0.5) is 5.69 Å². The molecule has 0 saturated heterocycles. The molecule has 1 aliphatic carbocycles. The molecule has 1 aromatic carbocycles. The number of allylic oxidation sites excluding steroid dienone is 7. The summed E-state index contributed by atoms with van der Waals surface area (Å²) in [7, 11) is 1.75. The van der Waals surface area contributed by atoms with E-state index in [0.717, 1.165) is 23.2 Å². The van der Waals surface area contributed by atoms with Gasteiger partial charge in [-0.1, -0.05) is 74.7 Å². The van der Waals surface area contributed by atoms with Crippen LogP contribution in [0.5, 0.6) is 0 Å². The molecule has 0 spiro atoms. The molecule has 4 nitrogen and oxygen atoms in total. The van der Waals surface area contributed by atoms with Gasteiger partial charge in [-0.3, -0.25) is 4.79 Å². The van der Waals surface area contributed by atoms with Crippen molar-refractivity contribution in [2.24, 2.45) is 5.92 Å². The summed E-state index contributed by atoms with van der Waals surface area (Å²) in [5.41, 5.74) is 4.30. The van der Waals surface area contributed by atoms with E-state index in [4.69, 9.17) is 21.1 Å². The van der Waals surface area contributed by atoms with Crippen LogP contribution in [0.2, 0.25) is 5.02 Å². The Labute approximate surface area is 211 Å². The van der Waals surface area contributed by atoms with Crippen LogP contribution in [0.25, 0.3) is 0 Å². The summed E-state index contributed by atoms with van der Waals surface area (Å²) in [5, 5.41) is 4.19. The highest BCUT2D eigenvalue weighted by atomic mass is 35.5. The third-order valence-corrected chi connectivity index (χ3v) is 5.62. The molecular formula is C29H40ClNO3. The Bertz CT molecular complexity index is 897. The highest BCUT2D eigenvalue weighted by molar-refractivity contribution is 6.30. The van der Waals surface area contributed by atoms with Gasteiger partial charge in [0, 0.05) is 35.0 Å². The van der Waals surface area contributed by atoms with Gasteiger partial charge in [-0.2, -0.15) is 0 Å². The van der Waals surface area contributed by atoms with E-state index in [9.17, 15) is 4.79 Å². The van der Waals surface area contributed by atoms with Gasteiger partial charge in [0.05, 0.1) is 18.8 Å². The Balaban J connectivity index is 0.000000550. The van der Waals surface area contributed by atoms with Crippen LogP contribution in [0.1, 0.15) is 59.1 Å². The topological polar surface area (TPSA) is 47.6 Å². The van der Waals surface area contributed by atoms with Gasteiger partial charge >= 0.3 is 0 Å². The van der Waals surface area contributed by atoms with Crippen LogP contribution in [0.15, 0.2) is 78.1 Å². The van der Waals surface area contributed by atoms with E-state index in [-0.39, 0.29) is 18.1 Å². The minimum Gasteiger partial charge on any atom is -0.376 e. The van der Waals surface area contributed by atoms with E-state index in [1.807, 2.05) is 43.4 Å². The summed E-state index contributed by atoms with van der Waals surface area (Å²) >= 11 is 6.28. The summed E-state index contributed by atoms with van der Waals surface area (Å²) in [6.07, 6.45) is 18.8. The summed E-state index contributed by atoms with van der Waals surface area (Å²) < 4.78 is 12.1. The number of halogens is 1. The van der Waals surface area contributed by atoms with Gasteiger partial charge < -0.3 is 14.8 Å². The van der Waals surface area contributed by atoms with E-state index >= 15 is 0 Å². The number of unbranched alkanes of at least 4 members (excludes halogenated alkanes) is 1. The molecule has 1 N–H and O–H groups in total. The molecule has 0 fully saturated rings. The number of aldehydes is 1. The van der Waals surface area contributed by atoms with Crippen molar-refractivity contribution in [3.05, 3.63) is 88.7 Å². The molecule has 5 heteroatoms. The number of ether oxygens (including phenoxy) is 2. The fourth-order valence-electron chi connectivity index (χ4n) is 3.50. The van der Waals surface area contributed by atoms with Gasteiger partial charge in [-0.05, 0) is 56.7 Å². The maximum absolute atomic E-state index is 9.32. The van der Waals surface area contributed by atoms with Crippen molar-refractivity contribution in [3.8, 4) is 0 Å². The molecule has 3 unspecified atom stereocenters. The molecule has 1 heterocycles. The minimum atomic E-state index is -0.137. The van der Waals surface area contributed by atoms with Gasteiger partial charge in [-0.25, -0.2) is 0 Å². The smallest absolute Gasteiger partial charge is 0.142 e. The normalized spacial score (nSPS) is 22.6. The lowest BCUT2D eigenvalue weighted by molar-refractivity contribution is -0.104. The monoisotopic (exact) mass is 485 g/mol. The summed E-state index contributed by atoms with van der Waals surface area (Å²) in [6, 6.07) is 5.90. The van der Waals surface area contributed by atoms with E-state index in [1.165, 1.54) is 24.5 Å². The number of hydrogen-bond donors (Lipinski definition) is 1. The van der Waals surface area contributed by atoms with Gasteiger partial charge in [-0.15, -0.1) is 0 Å². The number of hydrogen-bond acceptors (Lipinski definition) is 4. The van der Waals surface area contributed by atoms with Crippen LogP contribution >= 0.6 is 11.6 Å². The van der Waals surface area contributed by atoms with Gasteiger partial charge in [0.15, 0.2) is 0 Å². The van der Waals surface area contributed by atoms with Crippen LogP contribution < -0.4 is 5.32 Å². The van der Waals surface area contributed by atoms with Crippen molar-refractivity contribution in [3.63, 3.8) is 0 Å². The van der Waals surface area contributed by atoms with Gasteiger partial charge in [0.1, 0.15) is 6.29 Å². The third kappa shape index (κ3) is 9.46. The quantitative estimate of drug-likeness (QED) is 0.339. The third-order valence-electron chi connectivity index (χ3n) is 5.39. The Kier molecular flexibility index (Phi) is 14.9. The predicted molar refractivity (Wildman–Crippen MR) is 145 cm³/mol. The SMILES string of the molecule is C/C=C/C=O.C/C=C\C=C1\COC(C2C=CC=C(C)C2OC)c2cc(Cl)ccc2N1.CCCC. The zero-order chi connectivity index (χ0) is 25.3. The molecule has 0 radical (unpaired) electrons. The number of benzene rings is 1. The number of carbonyl (C=O) groups is 1. The lowest BCUT2D eigenvalue weighted by atomic mass is 9.84. The molecule has 1 aromatic rings. The van der Waals surface area contributed by atoms with Crippen LogP contribution in [0.3, 0.4) is 0 Å². The first kappa shape index (κ1) is 29.6. The second kappa shape index (κ2) is 17.1. The van der Waals surface area contributed by atoms with Crippen molar-refractivity contribution in [2.75, 3.05) is 19.0 Å². The lowest BCUT2D eigenvalue weighted by Gasteiger charge is -2.33. The number of nitrogens with one attached hydrogen (secondary N) is 1. The average Bonchev–Trinajstić information content (AvgIpc) is 3.02. The zero-order valence-electron chi connectivity index (χ0n) is 21.4. The van der Waals surface area contributed by atoms with Crippen molar-refractivity contribution < 1.29 is 14.3 Å². The minimum absolute atomic E-state index is 0.0112. The Morgan fingerprint density at radius 1 is 1.18 bits per heavy atom.